The summed E-state index contributed by atoms with van der Waals surface area (Å²) in [7, 11) is 0. The van der Waals surface area contributed by atoms with Crippen LogP contribution >= 0.6 is 11.9 Å². The fraction of sp³-hybridized carbons (Fsp3) is 0.174. The Morgan fingerprint density at radius 2 is 1.83 bits per heavy atom. The summed E-state index contributed by atoms with van der Waals surface area (Å²) in [4.78, 5) is 5.53. The van der Waals surface area contributed by atoms with Crippen LogP contribution in [0.5, 0.6) is 0 Å². The molecule has 0 aliphatic rings. The molecule has 1 N–H and O–H groups in total. The van der Waals surface area contributed by atoms with Crippen molar-refractivity contribution in [1.29, 1.82) is 5.26 Å². The predicted octanol–water partition coefficient (Wildman–Crippen LogP) is 5.68. The zero-order valence-electron chi connectivity index (χ0n) is 16.5. The number of hydrogen-bond donors (Lipinski definition) is 1. The van der Waals surface area contributed by atoms with Crippen LogP contribution in [0.3, 0.4) is 0 Å². The largest absolute Gasteiger partial charge is 0.310 e. The normalized spacial score (nSPS) is 11.4. The highest BCUT2D eigenvalue weighted by Gasteiger charge is 2.13. The monoisotopic (exact) mass is 399 g/mol. The van der Waals surface area contributed by atoms with Crippen LogP contribution in [0.1, 0.15) is 31.9 Å². The van der Waals surface area contributed by atoms with Gasteiger partial charge in [-0.15, -0.1) is 0 Å². The summed E-state index contributed by atoms with van der Waals surface area (Å²) in [6, 6.07) is 22.0. The van der Waals surface area contributed by atoms with E-state index in [1.165, 1.54) is 17.5 Å². The van der Waals surface area contributed by atoms with E-state index in [0.717, 1.165) is 27.6 Å². The van der Waals surface area contributed by atoms with Crippen molar-refractivity contribution in [2.75, 3.05) is 4.72 Å². The van der Waals surface area contributed by atoms with E-state index in [0.29, 0.717) is 5.56 Å². The van der Waals surface area contributed by atoms with Crippen molar-refractivity contribution in [2.24, 2.45) is 0 Å². The summed E-state index contributed by atoms with van der Waals surface area (Å²) < 4.78 is 5.16. The minimum Gasteiger partial charge on any atom is -0.310 e. The van der Waals surface area contributed by atoms with Crippen molar-refractivity contribution in [2.45, 2.75) is 31.1 Å². The molecule has 0 saturated carbocycles. The minimum atomic E-state index is 0.141. The number of fused-ring (bicyclic) bond motifs is 1. The van der Waals surface area contributed by atoms with Crippen LogP contribution in [0.4, 0.5) is 5.82 Å². The first-order chi connectivity index (χ1) is 13.9. The molecule has 0 fully saturated rings. The third kappa shape index (κ3) is 4.10. The van der Waals surface area contributed by atoms with Crippen LogP contribution in [0.15, 0.2) is 71.8 Å². The van der Waals surface area contributed by atoms with Gasteiger partial charge in [0.1, 0.15) is 5.82 Å². The summed E-state index contributed by atoms with van der Waals surface area (Å²) in [5.41, 5.74) is 4.48. The number of nitrogens with one attached hydrogen (secondary N) is 1. The Labute approximate surface area is 174 Å². The van der Waals surface area contributed by atoms with Crippen molar-refractivity contribution in [3.05, 3.63) is 78.0 Å². The molecule has 0 unspecified atom stereocenters. The van der Waals surface area contributed by atoms with Crippen molar-refractivity contribution in [1.82, 2.24) is 14.6 Å². The smallest absolute Gasteiger partial charge is 0.157 e. The lowest BCUT2D eigenvalue weighted by Crippen LogP contribution is -2.10. The lowest BCUT2D eigenvalue weighted by Gasteiger charge is -2.19. The topological polar surface area (TPSA) is 66.0 Å². The summed E-state index contributed by atoms with van der Waals surface area (Å²) in [5, 5.41) is 13.8. The molecule has 0 atom stereocenters. The van der Waals surface area contributed by atoms with E-state index in [1.807, 2.05) is 30.3 Å². The van der Waals surface area contributed by atoms with E-state index in [9.17, 15) is 0 Å². The van der Waals surface area contributed by atoms with Gasteiger partial charge in [0.05, 0.1) is 17.3 Å². The molecule has 0 amide bonds. The van der Waals surface area contributed by atoms with E-state index >= 15 is 0 Å². The van der Waals surface area contributed by atoms with Crippen LogP contribution in [-0.4, -0.2) is 14.6 Å². The third-order valence-corrected chi connectivity index (χ3v) is 5.46. The van der Waals surface area contributed by atoms with Gasteiger partial charge < -0.3 is 4.72 Å². The van der Waals surface area contributed by atoms with E-state index in [4.69, 9.17) is 5.26 Å². The lowest BCUT2D eigenvalue weighted by atomic mass is 9.87. The summed E-state index contributed by atoms with van der Waals surface area (Å²) in [5.74, 6) is 0.836. The van der Waals surface area contributed by atoms with Crippen LogP contribution in [0, 0.1) is 11.3 Å². The molecule has 0 spiro atoms. The molecule has 5 nitrogen and oxygen atoms in total. The van der Waals surface area contributed by atoms with Gasteiger partial charge in [0.25, 0.3) is 0 Å². The van der Waals surface area contributed by atoms with Crippen LogP contribution in [-0.2, 0) is 5.41 Å². The second-order valence-corrected chi connectivity index (χ2v) is 8.68. The van der Waals surface area contributed by atoms with Crippen LogP contribution < -0.4 is 4.72 Å². The molecule has 144 valence electrons. The van der Waals surface area contributed by atoms with Crippen molar-refractivity contribution < 1.29 is 0 Å². The predicted molar refractivity (Wildman–Crippen MR) is 118 cm³/mol. The fourth-order valence-electron chi connectivity index (χ4n) is 3.00. The fourth-order valence-corrected chi connectivity index (χ4v) is 3.65. The molecule has 2 heterocycles. The summed E-state index contributed by atoms with van der Waals surface area (Å²) in [6.07, 6.45) is 1.76. The van der Waals surface area contributed by atoms with Gasteiger partial charge in [-0.2, -0.15) is 14.9 Å². The molecule has 4 aromatic rings. The van der Waals surface area contributed by atoms with Gasteiger partial charge in [-0.1, -0.05) is 45.0 Å². The maximum atomic E-state index is 9.13. The molecule has 29 heavy (non-hydrogen) atoms. The Balaban J connectivity index is 1.58. The van der Waals surface area contributed by atoms with Gasteiger partial charge in [-0.05, 0) is 53.3 Å². The number of hydrogen-bond acceptors (Lipinski definition) is 5. The zero-order chi connectivity index (χ0) is 20.4. The summed E-state index contributed by atoms with van der Waals surface area (Å²) >= 11 is 1.54. The molecular weight excluding hydrogens is 378 g/mol. The number of benzene rings is 2. The van der Waals surface area contributed by atoms with Gasteiger partial charge >= 0.3 is 0 Å². The van der Waals surface area contributed by atoms with Crippen LogP contribution in [0.25, 0.3) is 16.9 Å². The molecule has 4 rings (SSSR count). The molecule has 6 heteroatoms. The molecule has 0 radical (unpaired) electrons. The van der Waals surface area contributed by atoms with Gasteiger partial charge in [-0.3, -0.25) is 0 Å². The van der Waals surface area contributed by atoms with E-state index in [-0.39, 0.29) is 5.41 Å². The Kier molecular flexibility index (Phi) is 4.99. The average molecular weight is 400 g/mol. The number of anilines is 1. The maximum Gasteiger partial charge on any atom is 0.157 e. The molecular formula is C23H21N5S. The highest BCUT2D eigenvalue weighted by atomic mass is 32.2. The number of aromatic nitrogens is 3. The Hall–Kier alpha value is -3.30. The zero-order valence-corrected chi connectivity index (χ0v) is 17.4. The number of rotatable bonds is 4. The Bertz CT molecular complexity index is 1200. The Morgan fingerprint density at radius 1 is 1.03 bits per heavy atom. The highest BCUT2D eigenvalue weighted by molar-refractivity contribution is 8.00. The maximum absolute atomic E-state index is 9.13. The molecule has 0 saturated heterocycles. The lowest BCUT2D eigenvalue weighted by molar-refractivity contribution is 0.590. The first-order valence-electron chi connectivity index (χ1n) is 9.33. The summed E-state index contributed by atoms with van der Waals surface area (Å²) in [6.45, 7) is 6.63. The standard InChI is InChI=1S/C23H21N5S/c1-23(2,3)18-7-9-19(10-8-18)29-27-21-11-12-25-22-14-20(26-28(21)22)17-6-4-5-16(13-17)15-24/h4-14,27H,1-3H3. The molecule has 0 bridgehead atoms. The van der Waals surface area contributed by atoms with E-state index in [1.54, 1.807) is 16.8 Å². The van der Waals surface area contributed by atoms with Crippen molar-refractivity contribution in [3.63, 3.8) is 0 Å². The number of nitrogens with zero attached hydrogens (tertiary/aromatic N) is 4. The van der Waals surface area contributed by atoms with E-state index < -0.39 is 0 Å². The first kappa shape index (κ1) is 19.0. The van der Waals surface area contributed by atoms with Gasteiger partial charge in [0, 0.05) is 22.7 Å². The second-order valence-electron chi connectivity index (χ2n) is 7.80. The third-order valence-electron chi connectivity index (χ3n) is 4.64. The molecule has 0 aliphatic carbocycles. The minimum absolute atomic E-state index is 0.141. The van der Waals surface area contributed by atoms with Crippen LogP contribution in [0.2, 0.25) is 0 Å². The van der Waals surface area contributed by atoms with Crippen molar-refractivity contribution in [3.8, 4) is 17.3 Å². The quantitative estimate of drug-likeness (QED) is 0.447. The van der Waals surface area contributed by atoms with E-state index in [2.05, 4.69) is 65.9 Å². The second kappa shape index (κ2) is 7.61. The first-order valence-corrected chi connectivity index (χ1v) is 10.1. The Morgan fingerprint density at radius 3 is 2.55 bits per heavy atom. The van der Waals surface area contributed by atoms with Gasteiger partial charge in [0.2, 0.25) is 0 Å². The molecule has 0 aliphatic heterocycles. The average Bonchev–Trinajstić information content (AvgIpc) is 3.17. The molecule has 2 aromatic carbocycles. The van der Waals surface area contributed by atoms with Crippen molar-refractivity contribution >= 4 is 23.4 Å². The molecule has 2 aromatic heterocycles. The highest BCUT2D eigenvalue weighted by Crippen LogP contribution is 2.27. The number of nitriles is 1. The SMILES string of the molecule is CC(C)(C)c1ccc(SNc2ccnc3cc(-c4cccc(C#N)c4)nn23)cc1. The van der Waals surface area contributed by atoms with Gasteiger partial charge in [0.15, 0.2) is 5.65 Å². The van der Waals surface area contributed by atoms with Gasteiger partial charge in [-0.25, -0.2) is 4.98 Å².